The average molecular weight is 412 g/mol. The SMILES string of the molecule is COc1ccc(-c2nnc(S[C@@H](C)C(=O)N[C@@H](C)CCc3ccccc3)o2)cc1. The normalized spacial score (nSPS) is 12.9. The molecule has 0 saturated carbocycles. The summed E-state index contributed by atoms with van der Waals surface area (Å²) in [6.07, 6.45) is 1.81. The van der Waals surface area contributed by atoms with Gasteiger partial charge in [-0.25, -0.2) is 0 Å². The summed E-state index contributed by atoms with van der Waals surface area (Å²) in [6, 6.07) is 17.7. The second-order valence-electron chi connectivity index (χ2n) is 6.80. The van der Waals surface area contributed by atoms with E-state index in [4.69, 9.17) is 9.15 Å². The number of hydrogen-bond donors (Lipinski definition) is 1. The molecule has 0 saturated heterocycles. The van der Waals surface area contributed by atoms with E-state index in [2.05, 4.69) is 27.6 Å². The highest BCUT2D eigenvalue weighted by atomic mass is 32.2. The molecule has 3 aromatic rings. The minimum absolute atomic E-state index is 0.0419. The van der Waals surface area contributed by atoms with Gasteiger partial charge in [-0.15, -0.1) is 10.2 Å². The van der Waals surface area contributed by atoms with Crippen molar-refractivity contribution in [2.45, 2.75) is 43.2 Å². The molecule has 3 rings (SSSR count). The highest BCUT2D eigenvalue weighted by Gasteiger charge is 2.20. The van der Waals surface area contributed by atoms with Gasteiger partial charge in [-0.05, 0) is 56.5 Å². The number of aromatic nitrogens is 2. The quantitative estimate of drug-likeness (QED) is 0.527. The van der Waals surface area contributed by atoms with Crippen LogP contribution in [0.3, 0.4) is 0 Å². The largest absolute Gasteiger partial charge is 0.497 e. The molecule has 1 aromatic heterocycles. The lowest BCUT2D eigenvalue weighted by Gasteiger charge is -2.16. The molecule has 152 valence electrons. The van der Waals surface area contributed by atoms with Crippen LogP contribution in [0.2, 0.25) is 0 Å². The van der Waals surface area contributed by atoms with Crippen LogP contribution in [-0.4, -0.2) is 34.5 Å². The number of rotatable bonds is 9. The third kappa shape index (κ3) is 6.09. The van der Waals surface area contributed by atoms with E-state index in [-0.39, 0.29) is 17.2 Å². The van der Waals surface area contributed by atoms with Crippen molar-refractivity contribution < 1.29 is 13.9 Å². The first-order chi connectivity index (χ1) is 14.0. The molecule has 1 N–H and O–H groups in total. The van der Waals surface area contributed by atoms with Crippen LogP contribution in [0, 0.1) is 0 Å². The van der Waals surface area contributed by atoms with Gasteiger partial charge in [-0.1, -0.05) is 42.1 Å². The van der Waals surface area contributed by atoms with Crippen molar-refractivity contribution in [3.63, 3.8) is 0 Å². The van der Waals surface area contributed by atoms with Gasteiger partial charge in [0, 0.05) is 11.6 Å². The lowest BCUT2D eigenvalue weighted by atomic mass is 10.1. The fourth-order valence-electron chi connectivity index (χ4n) is 2.77. The molecule has 6 nitrogen and oxygen atoms in total. The molecule has 7 heteroatoms. The van der Waals surface area contributed by atoms with Crippen molar-refractivity contribution in [3.05, 3.63) is 60.2 Å². The van der Waals surface area contributed by atoms with E-state index in [0.717, 1.165) is 24.2 Å². The fourth-order valence-corrected chi connectivity index (χ4v) is 3.47. The highest BCUT2D eigenvalue weighted by Crippen LogP contribution is 2.27. The number of amides is 1. The maximum atomic E-state index is 12.5. The van der Waals surface area contributed by atoms with E-state index in [1.54, 1.807) is 7.11 Å². The van der Waals surface area contributed by atoms with Gasteiger partial charge in [0.05, 0.1) is 12.4 Å². The summed E-state index contributed by atoms with van der Waals surface area (Å²) in [4.78, 5) is 12.5. The van der Waals surface area contributed by atoms with Gasteiger partial charge in [-0.2, -0.15) is 0 Å². The van der Waals surface area contributed by atoms with Gasteiger partial charge in [0.2, 0.25) is 11.8 Å². The Hall–Kier alpha value is -2.80. The number of thioether (sulfide) groups is 1. The van der Waals surface area contributed by atoms with E-state index >= 15 is 0 Å². The minimum atomic E-state index is -0.335. The number of aryl methyl sites for hydroxylation is 1. The van der Waals surface area contributed by atoms with Crippen LogP contribution in [0.4, 0.5) is 0 Å². The van der Waals surface area contributed by atoms with Gasteiger partial charge in [0.25, 0.3) is 5.22 Å². The van der Waals surface area contributed by atoms with E-state index in [1.807, 2.05) is 56.3 Å². The fraction of sp³-hybridized carbons (Fsp3) is 0.318. The van der Waals surface area contributed by atoms with Crippen molar-refractivity contribution >= 4 is 17.7 Å². The summed E-state index contributed by atoms with van der Waals surface area (Å²) in [5.41, 5.74) is 2.07. The van der Waals surface area contributed by atoms with E-state index in [1.165, 1.54) is 17.3 Å². The number of carbonyl (C=O) groups is 1. The molecule has 0 spiro atoms. The number of benzene rings is 2. The zero-order chi connectivity index (χ0) is 20.6. The first kappa shape index (κ1) is 20.9. The Kier molecular flexibility index (Phi) is 7.30. The number of carbonyl (C=O) groups excluding carboxylic acids is 1. The van der Waals surface area contributed by atoms with Crippen molar-refractivity contribution in [3.8, 4) is 17.2 Å². The van der Waals surface area contributed by atoms with E-state index in [0.29, 0.717) is 11.1 Å². The maximum Gasteiger partial charge on any atom is 0.277 e. The van der Waals surface area contributed by atoms with E-state index in [9.17, 15) is 4.79 Å². The minimum Gasteiger partial charge on any atom is -0.497 e. The lowest BCUT2D eigenvalue weighted by molar-refractivity contribution is -0.120. The Balaban J connectivity index is 1.49. The number of hydrogen-bond acceptors (Lipinski definition) is 6. The first-order valence-corrected chi connectivity index (χ1v) is 10.4. The average Bonchev–Trinajstić information content (AvgIpc) is 3.21. The Morgan fingerprint density at radius 3 is 2.52 bits per heavy atom. The van der Waals surface area contributed by atoms with Crippen LogP contribution >= 0.6 is 11.8 Å². The predicted octanol–water partition coefficient (Wildman–Crippen LogP) is 4.36. The molecule has 0 aliphatic rings. The highest BCUT2D eigenvalue weighted by molar-refractivity contribution is 8.00. The summed E-state index contributed by atoms with van der Waals surface area (Å²) in [5.74, 6) is 1.13. The van der Waals surface area contributed by atoms with Crippen LogP contribution in [0.15, 0.2) is 64.2 Å². The molecule has 0 aliphatic carbocycles. The summed E-state index contributed by atoms with van der Waals surface area (Å²) in [7, 11) is 1.62. The Morgan fingerprint density at radius 1 is 1.10 bits per heavy atom. The van der Waals surface area contributed by atoms with Gasteiger partial charge in [0.1, 0.15) is 5.75 Å². The molecule has 1 heterocycles. The monoisotopic (exact) mass is 411 g/mol. The maximum absolute atomic E-state index is 12.5. The molecule has 2 atom stereocenters. The summed E-state index contributed by atoms with van der Waals surface area (Å²) in [5, 5.41) is 11.2. The van der Waals surface area contributed by atoms with Crippen LogP contribution in [0.1, 0.15) is 25.8 Å². The summed E-state index contributed by atoms with van der Waals surface area (Å²) < 4.78 is 10.8. The standard InChI is InChI=1S/C22H25N3O3S/c1-15(9-10-17-7-5-4-6-8-17)23-20(26)16(2)29-22-25-24-21(28-22)18-11-13-19(27-3)14-12-18/h4-8,11-16H,9-10H2,1-3H3,(H,23,26)/t15-,16-/m0/s1. The third-order valence-electron chi connectivity index (χ3n) is 4.49. The first-order valence-electron chi connectivity index (χ1n) is 9.54. The van der Waals surface area contributed by atoms with Crippen molar-refractivity contribution in [2.24, 2.45) is 0 Å². The van der Waals surface area contributed by atoms with Crippen molar-refractivity contribution in [2.75, 3.05) is 7.11 Å². The lowest BCUT2D eigenvalue weighted by Crippen LogP contribution is -2.37. The third-order valence-corrected chi connectivity index (χ3v) is 5.42. The molecule has 0 bridgehead atoms. The van der Waals surface area contributed by atoms with Crippen LogP contribution in [-0.2, 0) is 11.2 Å². The molecule has 0 radical (unpaired) electrons. The molecule has 0 aliphatic heterocycles. The second kappa shape index (κ2) is 10.1. The van der Waals surface area contributed by atoms with E-state index < -0.39 is 0 Å². The number of methoxy groups -OCH3 is 1. The molecular formula is C22H25N3O3S. The van der Waals surface area contributed by atoms with Crippen molar-refractivity contribution in [1.29, 1.82) is 0 Å². The van der Waals surface area contributed by atoms with Gasteiger partial charge >= 0.3 is 0 Å². The molecular weight excluding hydrogens is 386 g/mol. The van der Waals surface area contributed by atoms with Crippen LogP contribution in [0.25, 0.3) is 11.5 Å². The Bertz CT molecular complexity index is 913. The molecule has 0 fully saturated rings. The zero-order valence-corrected chi connectivity index (χ0v) is 17.6. The molecule has 0 unspecified atom stereocenters. The second-order valence-corrected chi connectivity index (χ2v) is 8.09. The Morgan fingerprint density at radius 2 is 1.83 bits per heavy atom. The molecule has 1 amide bonds. The summed E-state index contributed by atoms with van der Waals surface area (Å²) in [6.45, 7) is 3.86. The van der Waals surface area contributed by atoms with Crippen LogP contribution in [0.5, 0.6) is 5.75 Å². The Labute approximate surface area is 175 Å². The zero-order valence-electron chi connectivity index (χ0n) is 16.8. The smallest absolute Gasteiger partial charge is 0.277 e. The molecule has 29 heavy (non-hydrogen) atoms. The molecule has 2 aromatic carbocycles. The van der Waals surface area contributed by atoms with Crippen LogP contribution < -0.4 is 10.1 Å². The van der Waals surface area contributed by atoms with Gasteiger partial charge in [-0.3, -0.25) is 4.79 Å². The van der Waals surface area contributed by atoms with Crippen molar-refractivity contribution in [1.82, 2.24) is 15.5 Å². The number of ether oxygens (including phenoxy) is 1. The van der Waals surface area contributed by atoms with Gasteiger partial charge < -0.3 is 14.5 Å². The number of nitrogens with one attached hydrogen (secondary N) is 1. The summed E-state index contributed by atoms with van der Waals surface area (Å²) >= 11 is 1.25. The number of nitrogens with zero attached hydrogens (tertiary/aromatic N) is 2. The topological polar surface area (TPSA) is 77.2 Å². The predicted molar refractivity (Wildman–Crippen MR) is 114 cm³/mol. The van der Waals surface area contributed by atoms with Gasteiger partial charge in [0.15, 0.2) is 0 Å².